The number of nitriles is 1. The number of amides is 2. The van der Waals surface area contributed by atoms with Crippen molar-refractivity contribution in [1.82, 2.24) is 5.32 Å². The zero-order chi connectivity index (χ0) is 16.1. The van der Waals surface area contributed by atoms with Gasteiger partial charge < -0.3 is 15.4 Å². The molecular weight excluding hydrogens is 290 g/mol. The maximum absolute atomic E-state index is 12.2. The standard InChI is InChI=1S/C18H17N3O2/c19-12-13-5-4-8-15(11-13)20-18(22)21-16-9-10-23-17(16)14-6-2-1-3-7-14/h1-8,11,16-17H,9-10H2,(H2,20,21,22)/t16-,17-/m0/s1. The number of carbonyl (C=O) groups excluding carboxylic acids is 1. The first-order chi connectivity index (χ1) is 11.3. The van der Waals surface area contributed by atoms with Crippen LogP contribution in [0.1, 0.15) is 23.7 Å². The summed E-state index contributed by atoms with van der Waals surface area (Å²) in [6.07, 6.45) is 0.637. The Balaban J connectivity index is 1.64. The van der Waals surface area contributed by atoms with Crippen molar-refractivity contribution in [2.75, 3.05) is 11.9 Å². The maximum atomic E-state index is 12.2. The summed E-state index contributed by atoms with van der Waals surface area (Å²) < 4.78 is 5.75. The highest BCUT2D eigenvalue weighted by atomic mass is 16.5. The van der Waals surface area contributed by atoms with E-state index in [0.29, 0.717) is 17.9 Å². The van der Waals surface area contributed by atoms with Gasteiger partial charge in [-0.15, -0.1) is 0 Å². The van der Waals surface area contributed by atoms with Gasteiger partial charge in [0.2, 0.25) is 0 Å². The summed E-state index contributed by atoms with van der Waals surface area (Å²) in [6, 6.07) is 18.4. The summed E-state index contributed by atoms with van der Waals surface area (Å²) in [5.74, 6) is 0. The SMILES string of the molecule is N#Cc1cccc(NC(=O)N[C@H]2CCO[C@H]2c2ccccc2)c1. The number of hydrogen-bond donors (Lipinski definition) is 2. The molecule has 1 heterocycles. The second-order valence-corrected chi connectivity index (χ2v) is 5.39. The third kappa shape index (κ3) is 3.68. The van der Waals surface area contributed by atoms with Gasteiger partial charge in [-0.25, -0.2) is 4.79 Å². The first-order valence-corrected chi connectivity index (χ1v) is 7.50. The number of hydrogen-bond acceptors (Lipinski definition) is 3. The molecule has 23 heavy (non-hydrogen) atoms. The number of urea groups is 1. The molecule has 1 fully saturated rings. The Hall–Kier alpha value is -2.84. The molecule has 2 aromatic rings. The normalized spacial score (nSPS) is 19.8. The van der Waals surface area contributed by atoms with Gasteiger partial charge in [0.1, 0.15) is 6.10 Å². The Morgan fingerprint density at radius 1 is 1.17 bits per heavy atom. The molecule has 1 saturated heterocycles. The molecule has 0 aromatic heterocycles. The molecule has 5 nitrogen and oxygen atoms in total. The van der Waals surface area contributed by atoms with E-state index in [1.807, 2.05) is 30.3 Å². The van der Waals surface area contributed by atoms with Gasteiger partial charge in [0.05, 0.1) is 17.7 Å². The average Bonchev–Trinajstić information content (AvgIpc) is 3.03. The van der Waals surface area contributed by atoms with E-state index in [9.17, 15) is 4.79 Å². The molecule has 2 N–H and O–H groups in total. The highest BCUT2D eigenvalue weighted by Gasteiger charge is 2.30. The lowest BCUT2D eigenvalue weighted by molar-refractivity contribution is 0.100. The second kappa shape index (κ2) is 6.95. The summed E-state index contributed by atoms with van der Waals surface area (Å²) in [5.41, 5.74) is 2.16. The van der Waals surface area contributed by atoms with Gasteiger partial charge in [-0.05, 0) is 30.2 Å². The number of ether oxygens (including phenoxy) is 1. The van der Waals surface area contributed by atoms with E-state index < -0.39 is 0 Å². The quantitative estimate of drug-likeness (QED) is 0.914. The van der Waals surface area contributed by atoms with Crippen LogP contribution in [0.2, 0.25) is 0 Å². The van der Waals surface area contributed by atoms with Crippen LogP contribution in [-0.2, 0) is 4.74 Å². The summed E-state index contributed by atoms with van der Waals surface area (Å²) >= 11 is 0. The summed E-state index contributed by atoms with van der Waals surface area (Å²) in [5, 5.41) is 14.6. The summed E-state index contributed by atoms with van der Waals surface area (Å²) in [4.78, 5) is 12.2. The molecule has 3 rings (SSSR count). The van der Waals surface area contributed by atoms with E-state index in [1.54, 1.807) is 24.3 Å². The molecule has 0 bridgehead atoms. The van der Waals surface area contributed by atoms with Crippen LogP contribution in [-0.4, -0.2) is 18.7 Å². The third-order valence-corrected chi connectivity index (χ3v) is 3.79. The Kier molecular flexibility index (Phi) is 4.55. The lowest BCUT2D eigenvalue weighted by Gasteiger charge is -2.20. The van der Waals surface area contributed by atoms with Crippen molar-refractivity contribution in [3.63, 3.8) is 0 Å². The minimum Gasteiger partial charge on any atom is -0.371 e. The highest BCUT2D eigenvalue weighted by molar-refractivity contribution is 5.89. The van der Waals surface area contributed by atoms with Gasteiger partial charge in [-0.2, -0.15) is 5.26 Å². The number of carbonyl (C=O) groups is 1. The van der Waals surface area contributed by atoms with Gasteiger partial charge in [-0.1, -0.05) is 36.4 Å². The van der Waals surface area contributed by atoms with E-state index >= 15 is 0 Å². The predicted molar refractivity (Wildman–Crippen MR) is 86.9 cm³/mol. The predicted octanol–water partition coefficient (Wildman–Crippen LogP) is 3.21. The van der Waals surface area contributed by atoms with Gasteiger partial charge in [-0.3, -0.25) is 0 Å². The van der Waals surface area contributed by atoms with Crippen molar-refractivity contribution in [1.29, 1.82) is 5.26 Å². The number of benzene rings is 2. The van der Waals surface area contributed by atoms with Crippen LogP contribution in [0.25, 0.3) is 0 Å². The van der Waals surface area contributed by atoms with Gasteiger partial charge in [0.15, 0.2) is 0 Å². The fourth-order valence-electron chi connectivity index (χ4n) is 2.71. The van der Waals surface area contributed by atoms with Crippen LogP contribution in [0.3, 0.4) is 0 Å². The van der Waals surface area contributed by atoms with Crippen LogP contribution in [0.15, 0.2) is 54.6 Å². The lowest BCUT2D eigenvalue weighted by atomic mass is 10.0. The molecule has 0 radical (unpaired) electrons. The largest absolute Gasteiger partial charge is 0.371 e. The van der Waals surface area contributed by atoms with Gasteiger partial charge >= 0.3 is 6.03 Å². The molecule has 2 atom stereocenters. The molecular formula is C18H17N3O2. The molecule has 0 saturated carbocycles. The van der Waals surface area contributed by atoms with Gasteiger partial charge in [0, 0.05) is 12.3 Å². The Bertz CT molecular complexity index is 725. The zero-order valence-corrected chi connectivity index (χ0v) is 12.5. The molecule has 116 valence electrons. The second-order valence-electron chi connectivity index (χ2n) is 5.39. The molecule has 5 heteroatoms. The van der Waals surface area contributed by atoms with E-state index in [4.69, 9.17) is 10.00 Å². The molecule has 0 unspecified atom stereocenters. The minimum absolute atomic E-state index is 0.0726. The Labute approximate surface area is 134 Å². The fraction of sp³-hybridized carbons (Fsp3) is 0.222. The molecule has 0 spiro atoms. The van der Waals surface area contributed by atoms with Crippen molar-refractivity contribution >= 4 is 11.7 Å². The van der Waals surface area contributed by atoms with Crippen molar-refractivity contribution in [2.45, 2.75) is 18.6 Å². The molecule has 1 aliphatic heterocycles. The maximum Gasteiger partial charge on any atom is 0.319 e. The van der Waals surface area contributed by atoms with Crippen molar-refractivity contribution in [2.24, 2.45) is 0 Å². The number of nitrogens with zero attached hydrogens (tertiary/aromatic N) is 1. The molecule has 1 aliphatic rings. The number of anilines is 1. The number of nitrogens with one attached hydrogen (secondary N) is 2. The third-order valence-electron chi connectivity index (χ3n) is 3.79. The van der Waals surface area contributed by atoms with E-state index in [-0.39, 0.29) is 18.2 Å². The van der Waals surface area contributed by atoms with E-state index in [2.05, 4.69) is 16.7 Å². The smallest absolute Gasteiger partial charge is 0.319 e. The monoisotopic (exact) mass is 307 g/mol. The van der Waals surface area contributed by atoms with Crippen LogP contribution in [0.4, 0.5) is 10.5 Å². The van der Waals surface area contributed by atoms with Crippen LogP contribution in [0.5, 0.6) is 0 Å². The van der Waals surface area contributed by atoms with Crippen molar-refractivity contribution in [3.05, 3.63) is 65.7 Å². The first-order valence-electron chi connectivity index (χ1n) is 7.50. The highest BCUT2D eigenvalue weighted by Crippen LogP contribution is 2.29. The summed E-state index contributed by atoms with van der Waals surface area (Å²) in [7, 11) is 0. The first kappa shape index (κ1) is 15.1. The topological polar surface area (TPSA) is 74.2 Å². The van der Waals surface area contributed by atoms with E-state index in [1.165, 1.54) is 0 Å². The van der Waals surface area contributed by atoms with Crippen LogP contribution >= 0.6 is 0 Å². The minimum atomic E-state index is -0.295. The summed E-state index contributed by atoms with van der Waals surface area (Å²) in [6.45, 7) is 0.619. The van der Waals surface area contributed by atoms with E-state index in [0.717, 1.165) is 12.0 Å². The van der Waals surface area contributed by atoms with Crippen LogP contribution < -0.4 is 10.6 Å². The van der Waals surface area contributed by atoms with Crippen molar-refractivity contribution in [3.8, 4) is 6.07 Å². The average molecular weight is 307 g/mol. The van der Waals surface area contributed by atoms with Crippen LogP contribution in [0, 0.1) is 11.3 Å². The van der Waals surface area contributed by atoms with Crippen molar-refractivity contribution < 1.29 is 9.53 Å². The fourth-order valence-corrected chi connectivity index (χ4v) is 2.71. The molecule has 0 aliphatic carbocycles. The van der Waals surface area contributed by atoms with Gasteiger partial charge in [0.25, 0.3) is 0 Å². The Morgan fingerprint density at radius 2 is 2.00 bits per heavy atom. The molecule has 2 amide bonds. The molecule has 2 aromatic carbocycles. The lowest BCUT2D eigenvalue weighted by Crippen LogP contribution is -2.39. The Morgan fingerprint density at radius 3 is 2.78 bits per heavy atom. The zero-order valence-electron chi connectivity index (χ0n) is 12.5. The number of rotatable bonds is 3.